The van der Waals surface area contributed by atoms with E-state index in [0.29, 0.717) is 40.4 Å². The van der Waals surface area contributed by atoms with Gasteiger partial charge in [-0.25, -0.2) is 4.79 Å². The first-order chi connectivity index (χ1) is 14.3. The molecule has 7 heteroatoms. The van der Waals surface area contributed by atoms with Gasteiger partial charge in [0.25, 0.3) is 5.91 Å². The number of halogens is 1. The Balaban J connectivity index is 1.61. The van der Waals surface area contributed by atoms with Gasteiger partial charge in [0.2, 0.25) is 0 Å². The minimum atomic E-state index is -0.532. The second-order valence-electron chi connectivity index (χ2n) is 8.31. The first-order valence-corrected chi connectivity index (χ1v) is 10.9. The van der Waals surface area contributed by atoms with Gasteiger partial charge in [-0.1, -0.05) is 56.5 Å². The summed E-state index contributed by atoms with van der Waals surface area (Å²) in [6, 6.07) is 7.67. The summed E-state index contributed by atoms with van der Waals surface area (Å²) in [5.41, 5.74) is 2.57. The molecular weight excluding hydrogens is 402 g/mol. The van der Waals surface area contributed by atoms with E-state index >= 15 is 0 Å². The molecule has 1 aliphatic rings. The Kier molecular flexibility index (Phi) is 7.19. The van der Waals surface area contributed by atoms with Crippen molar-refractivity contribution >= 4 is 23.5 Å². The Morgan fingerprint density at radius 3 is 2.70 bits per heavy atom. The predicted octanol–water partition coefficient (Wildman–Crippen LogP) is 4.30. The maximum atomic E-state index is 12.7. The van der Waals surface area contributed by atoms with Crippen molar-refractivity contribution in [2.24, 2.45) is 11.8 Å². The lowest BCUT2D eigenvalue weighted by Gasteiger charge is -2.34. The molecule has 1 aromatic carbocycles. The fourth-order valence-electron chi connectivity index (χ4n) is 4.17. The first kappa shape index (κ1) is 22.3. The number of benzene rings is 1. The molecule has 1 heterocycles. The van der Waals surface area contributed by atoms with Crippen molar-refractivity contribution in [2.75, 3.05) is 6.61 Å². The number of carbonyl (C=O) groups excluding carboxylic acids is 2. The maximum Gasteiger partial charge on any atom is 0.342 e. The molecular formula is C23H30ClN3O3. The van der Waals surface area contributed by atoms with Crippen LogP contribution in [0.1, 0.15) is 60.4 Å². The van der Waals surface area contributed by atoms with Crippen LogP contribution in [0.25, 0.3) is 0 Å². The van der Waals surface area contributed by atoms with Crippen molar-refractivity contribution in [2.45, 2.75) is 59.5 Å². The smallest absolute Gasteiger partial charge is 0.342 e. The standard InChI is InChI=1S/C23H30ClN3O3/c1-14-8-7-11-20(15(14)2)25-21(28)13-30-23(29)22-16(3)26-27(17(22)4)12-18-9-5-6-10-19(18)24/h5-6,9-10,14-15,20H,7-8,11-13H2,1-4H3,(H,25,28)/t14-,15-,20+/m0/s1. The third kappa shape index (κ3) is 5.04. The lowest BCUT2D eigenvalue weighted by atomic mass is 9.78. The lowest BCUT2D eigenvalue weighted by Crippen LogP contribution is -2.45. The summed E-state index contributed by atoms with van der Waals surface area (Å²) in [6.45, 7) is 8.13. The second-order valence-corrected chi connectivity index (χ2v) is 8.72. The van der Waals surface area contributed by atoms with E-state index in [2.05, 4.69) is 24.3 Å². The van der Waals surface area contributed by atoms with Crippen molar-refractivity contribution in [1.29, 1.82) is 0 Å². The number of nitrogens with one attached hydrogen (secondary N) is 1. The van der Waals surface area contributed by atoms with Crippen LogP contribution in [0.15, 0.2) is 24.3 Å². The molecule has 1 aliphatic carbocycles. The molecule has 0 aliphatic heterocycles. The summed E-state index contributed by atoms with van der Waals surface area (Å²) in [5.74, 6) is 0.218. The van der Waals surface area contributed by atoms with Crippen molar-refractivity contribution in [3.8, 4) is 0 Å². The summed E-state index contributed by atoms with van der Waals surface area (Å²) >= 11 is 6.24. The van der Waals surface area contributed by atoms with Crippen LogP contribution < -0.4 is 5.32 Å². The molecule has 0 radical (unpaired) electrons. The monoisotopic (exact) mass is 431 g/mol. The number of aryl methyl sites for hydroxylation is 1. The Labute approximate surface area is 182 Å². The number of carbonyl (C=O) groups is 2. The van der Waals surface area contributed by atoms with Crippen LogP contribution in [0.5, 0.6) is 0 Å². The molecule has 3 rings (SSSR count). The highest BCUT2D eigenvalue weighted by atomic mass is 35.5. The topological polar surface area (TPSA) is 73.2 Å². The normalized spacial score (nSPS) is 21.3. The van der Waals surface area contributed by atoms with Crippen molar-refractivity contribution in [3.63, 3.8) is 0 Å². The number of hydrogen-bond donors (Lipinski definition) is 1. The molecule has 1 N–H and O–H groups in total. The highest BCUT2D eigenvalue weighted by Gasteiger charge is 2.28. The zero-order valence-corrected chi connectivity index (χ0v) is 18.8. The van der Waals surface area contributed by atoms with Gasteiger partial charge in [0, 0.05) is 11.1 Å². The Hall–Kier alpha value is -2.34. The van der Waals surface area contributed by atoms with E-state index in [-0.39, 0.29) is 18.6 Å². The van der Waals surface area contributed by atoms with Gasteiger partial charge in [-0.05, 0) is 43.7 Å². The van der Waals surface area contributed by atoms with E-state index in [1.807, 2.05) is 31.2 Å². The van der Waals surface area contributed by atoms with Gasteiger partial charge in [0.05, 0.1) is 17.9 Å². The quantitative estimate of drug-likeness (QED) is 0.692. The minimum Gasteiger partial charge on any atom is -0.452 e. The number of esters is 1. The van der Waals surface area contributed by atoms with Gasteiger partial charge in [0.15, 0.2) is 6.61 Å². The van der Waals surface area contributed by atoms with Gasteiger partial charge < -0.3 is 10.1 Å². The van der Waals surface area contributed by atoms with Crippen LogP contribution in [0, 0.1) is 25.7 Å². The fraction of sp³-hybridized carbons (Fsp3) is 0.522. The van der Waals surface area contributed by atoms with Crippen LogP contribution in [-0.4, -0.2) is 34.3 Å². The minimum absolute atomic E-state index is 0.141. The first-order valence-electron chi connectivity index (χ1n) is 10.5. The number of nitrogens with zero attached hydrogens (tertiary/aromatic N) is 2. The molecule has 2 aromatic rings. The summed E-state index contributed by atoms with van der Waals surface area (Å²) in [7, 11) is 0. The molecule has 1 aromatic heterocycles. The number of rotatable bonds is 6. The third-order valence-corrected chi connectivity index (χ3v) is 6.62. The number of aromatic nitrogens is 2. The van der Waals surface area contributed by atoms with E-state index in [4.69, 9.17) is 16.3 Å². The summed E-state index contributed by atoms with van der Waals surface area (Å²) in [5, 5.41) is 8.14. The van der Waals surface area contributed by atoms with Crippen LogP contribution >= 0.6 is 11.6 Å². The zero-order chi connectivity index (χ0) is 21.8. The fourth-order valence-corrected chi connectivity index (χ4v) is 4.37. The number of ether oxygens (including phenoxy) is 1. The van der Waals surface area contributed by atoms with Gasteiger partial charge in [-0.3, -0.25) is 9.48 Å². The summed E-state index contributed by atoms with van der Waals surface area (Å²) in [4.78, 5) is 25.0. The summed E-state index contributed by atoms with van der Waals surface area (Å²) in [6.07, 6.45) is 3.27. The second kappa shape index (κ2) is 9.65. The van der Waals surface area contributed by atoms with E-state index in [9.17, 15) is 9.59 Å². The van der Waals surface area contributed by atoms with Gasteiger partial charge in [0.1, 0.15) is 5.56 Å². The molecule has 1 amide bonds. The zero-order valence-electron chi connectivity index (χ0n) is 18.1. The van der Waals surface area contributed by atoms with Crippen molar-refractivity contribution < 1.29 is 14.3 Å². The highest BCUT2D eigenvalue weighted by molar-refractivity contribution is 6.31. The lowest BCUT2D eigenvalue weighted by molar-refractivity contribution is -0.125. The average molecular weight is 432 g/mol. The SMILES string of the molecule is Cc1nn(Cc2ccccc2Cl)c(C)c1C(=O)OCC(=O)N[C@@H]1CCC[C@H](C)[C@@H]1C. The summed E-state index contributed by atoms with van der Waals surface area (Å²) < 4.78 is 7.05. The molecule has 3 atom stereocenters. The number of amides is 1. The Morgan fingerprint density at radius 1 is 1.23 bits per heavy atom. The van der Waals surface area contributed by atoms with Crippen LogP contribution in [0.2, 0.25) is 5.02 Å². The largest absolute Gasteiger partial charge is 0.452 e. The van der Waals surface area contributed by atoms with Crippen molar-refractivity contribution in [1.82, 2.24) is 15.1 Å². The molecule has 6 nitrogen and oxygen atoms in total. The molecule has 0 unspecified atom stereocenters. The molecule has 30 heavy (non-hydrogen) atoms. The van der Waals surface area contributed by atoms with E-state index < -0.39 is 5.97 Å². The third-order valence-electron chi connectivity index (χ3n) is 6.25. The predicted molar refractivity (Wildman–Crippen MR) is 117 cm³/mol. The van der Waals surface area contributed by atoms with E-state index in [1.54, 1.807) is 11.6 Å². The Bertz CT molecular complexity index is 924. The van der Waals surface area contributed by atoms with Crippen LogP contribution in [0.3, 0.4) is 0 Å². The van der Waals surface area contributed by atoms with E-state index in [0.717, 1.165) is 18.4 Å². The molecule has 1 saturated carbocycles. The van der Waals surface area contributed by atoms with Gasteiger partial charge >= 0.3 is 5.97 Å². The molecule has 0 spiro atoms. The van der Waals surface area contributed by atoms with Gasteiger partial charge in [-0.2, -0.15) is 5.10 Å². The molecule has 0 bridgehead atoms. The number of hydrogen-bond acceptors (Lipinski definition) is 4. The molecule has 162 valence electrons. The average Bonchev–Trinajstić information content (AvgIpc) is 2.98. The maximum absolute atomic E-state index is 12.7. The Morgan fingerprint density at radius 2 is 1.97 bits per heavy atom. The highest BCUT2D eigenvalue weighted by Crippen LogP contribution is 2.29. The van der Waals surface area contributed by atoms with Crippen LogP contribution in [-0.2, 0) is 16.1 Å². The van der Waals surface area contributed by atoms with E-state index in [1.165, 1.54) is 6.42 Å². The molecule has 1 fully saturated rings. The van der Waals surface area contributed by atoms with Crippen LogP contribution in [0.4, 0.5) is 0 Å². The van der Waals surface area contributed by atoms with Gasteiger partial charge in [-0.15, -0.1) is 0 Å². The molecule has 0 saturated heterocycles. The van der Waals surface area contributed by atoms with Crippen molar-refractivity contribution in [3.05, 3.63) is 51.8 Å².